The Bertz CT molecular complexity index is 1310. The summed E-state index contributed by atoms with van der Waals surface area (Å²) >= 11 is 0. The molecule has 0 aliphatic carbocycles. The molecule has 0 bridgehead atoms. The second kappa shape index (κ2) is 8.11. The largest absolute Gasteiger partial charge is 0.478 e. The van der Waals surface area contributed by atoms with Gasteiger partial charge in [0.05, 0.1) is 17.1 Å². The van der Waals surface area contributed by atoms with Crippen LogP contribution < -0.4 is 10.2 Å². The summed E-state index contributed by atoms with van der Waals surface area (Å²) in [6.45, 7) is 5.98. The first kappa shape index (κ1) is 20.2. The molecule has 5 rings (SSSR count). The van der Waals surface area contributed by atoms with Crippen molar-refractivity contribution >= 4 is 34.2 Å². The number of para-hydroxylation sites is 1. The summed E-state index contributed by atoms with van der Waals surface area (Å²) in [5, 5.41) is 18.4. The summed E-state index contributed by atoms with van der Waals surface area (Å²) in [6, 6.07) is 11.0. The normalized spacial score (nSPS) is 15.2. The number of rotatable bonds is 5. The first-order valence-electron chi connectivity index (χ1n) is 11.0. The molecule has 8 heteroatoms. The van der Waals surface area contributed by atoms with E-state index < -0.39 is 5.97 Å². The van der Waals surface area contributed by atoms with E-state index in [1.165, 1.54) is 6.42 Å². The summed E-state index contributed by atoms with van der Waals surface area (Å²) in [5.74, 6) is -0.141. The fourth-order valence-corrected chi connectivity index (χ4v) is 4.56. The lowest BCUT2D eigenvalue weighted by molar-refractivity contribution is 0.0698. The van der Waals surface area contributed by atoms with E-state index in [9.17, 15) is 9.90 Å². The van der Waals surface area contributed by atoms with Crippen LogP contribution in [0.1, 0.15) is 53.7 Å². The number of fused-ring (bicyclic) bond motifs is 3. The van der Waals surface area contributed by atoms with Crippen LogP contribution in [0.2, 0.25) is 0 Å². The Kier molecular flexibility index (Phi) is 5.13. The van der Waals surface area contributed by atoms with Crippen LogP contribution in [0.4, 0.5) is 11.6 Å². The second-order valence-electron chi connectivity index (χ2n) is 8.42. The third-order valence-electron chi connectivity index (χ3n) is 6.11. The molecule has 2 aromatic carbocycles. The van der Waals surface area contributed by atoms with Gasteiger partial charge in [0.25, 0.3) is 0 Å². The topological polar surface area (TPSA) is 95.6 Å². The molecular weight excluding hydrogens is 404 g/mol. The number of nitrogens with zero attached hydrogens (tertiary/aromatic N) is 5. The second-order valence-corrected chi connectivity index (χ2v) is 8.42. The zero-order valence-electron chi connectivity index (χ0n) is 18.2. The molecule has 4 aromatic rings. The maximum absolute atomic E-state index is 11.7. The standard InChI is InChI=1S/C24H26N6O2/c1-15-12-18(16(2)27-20-9-5-4-8-17(20)23(31)32)21-19(13-15)22-25-14-26-30(22)24(28-21)29-10-6-3-7-11-29/h4-5,8-9,12-14,16,27H,3,6-7,10-11H2,1-2H3,(H,31,32). The summed E-state index contributed by atoms with van der Waals surface area (Å²) in [6.07, 6.45) is 5.09. The van der Waals surface area contributed by atoms with Gasteiger partial charge < -0.3 is 15.3 Å². The lowest BCUT2D eigenvalue weighted by Gasteiger charge is -2.28. The molecule has 1 atom stereocenters. The molecule has 0 spiro atoms. The van der Waals surface area contributed by atoms with Crippen LogP contribution in [0.15, 0.2) is 42.7 Å². The highest BCUT2D eigenvalue weighted by molar-refractivity contribution is 5.96. The first-order chi connectivity index (χ1) is 15.5. The maximum Gasteiger partial charge on any atom is 0.337 e. The van der Waals surface area contributed by atoms with Gasteiger partial charge >= 0.3 is 5.97 Å². The van der Waals surface area contributed by atoms with Crippen LogP contribution in [0, 0.1) is 6.92 Å². The van der Waals surface area contributed by atoms with Crippen molar-refractivity contribution in [3.8, 4) is 0 Å². The molecule has 0 radical (unpaired) electrons. The molecule has 164 valence electrons. The van der Waals surface area contributed by atoms with E-state index >= 15 is 0 Å². The van der Waals surface area contributed by atoms with Gasteiger partial charge in [0.15, 0.2) is 5.65 Å². The number of anilines is 2. The Balaban J connectivity index is 1.65. The predicted octanol–water partition coefficient (Wildman–Crippen LogP) is 4.45. The molecule has 0 amide bonds. The van der Waals surface area contributed by atoms with E-state index in [2.05, 4.69) is 32.4 Å². The molecule has 2 aromatic heterocycles. The zero-order chi connectivity index (χ0) is 22.2. The Labute approximate surface area is 185 Å². The van der Waals surface area contributed by atoms with Crippen LogP contribution >= 0.6 is 0 Å². The van der Waals surface area contributed by atoms with E-state index in [1.807, 2.05) is 24.4 Å². The maximum atomic E-state index is 11.7. The predicted molar refractivity (Wildman–Crippen MR) is 125 cm³/mol. The molecule has 2 N–H and O–H groups in total. The van der Waals surface area contributed by atoms with Crippen LogP contribution in [0.3, 0.4) is 0 Å². The first-order valence-corrected chi connectivity index (χ1v) is 11.0. The molecule has 3 heterocycles. The Morgan fingerprint density at radius 2 is 1.94 bits per heavy atom. The minimum atomic E-state index is -0.954. The van der Waals surface area contributed by atoms with Crippen molar-refractivity contribution in [2.24, 2.45) is 0 Å². The number of aromatic nitrogens is 4. The number of nitrogens with one attached hydrogen (secondary N) is 1. The molecule has 1 aliphatic heterocycles. The molecule has 1 unspecified atom stereocenters. The average molecular weight is 431 g/mol. The number of carboxylic acid groups (broad SMARTS) is 1. The van der Waals surface area contributed by atoms with Crippen molar-refractivity contribution < 1.29 is 9.90 Å². The van der Waals surface area contributed by atoms with Gasteiger partial charge in [-0.15, -0.1) is 0 Å². The SMILES string of the molecule is Cc1cc(C(C)Nc2ccccc2C(=O)O)c2nc(N3CCCCC3)n3ncnc3c2c1. The fraction of sp³-hybridized carbons (Fsp3) is 0.333. The third kappa shape index (κ3) is 3.51. The van der Waals surface area contributed by atoms with Crippen molar-refractivity contribution in [3.05, 3.63) is 59.4 Å². The van der Waals surface area contributed by atoms with Crippen LogP contribution in [-0.2, 0) is 0 Å². The van der Waals surface area contributed by atoms with Crippen LogP contribution in [0.25, 0.3) is 16.6 Å². The highest BCUT2D eigenvalue weighted by atomic mass is 16.4. The number of piperidine rings is 1. The van der Waals surface area contributed by atoms with Gasteiger partial charge in [0.2, 0.25) is 5.95 Å². The van der Waals surface area contributed by atoms with E-state index in [1.54, 1.807) is 24.5 Å². The van der Waals surface area contributed by atoms with Gasteiger partial charge in [-0.2, -0.15) is 9.61 Å². The summed E-state index contributed by atoms with van der Waals surface area (Å²) < 4.78 is 1.84. The molecule has 32 heavy (non-hydrogen) atoms. The third-order valence-corrected chi connectivity index (χ3v) is 6.11. The quantitative estimate of drug-likeness (QED) is 0.483. The molecule has 0 saturated carbocycles. The highest BCUT2D eigenvalue weighted by Gasteiger charge is 2.22. The number of aromatic carboxylic acids is 1. The Hall–Kier alpha value is -3.68. The van der Waals surface area contributed by atoms with E-state index in [4.69, 9.17) is 4.98 Å². The molecule has 1 saturated heterocycles. The number of benzene rings is 2. The number of carbonyl (C=O) groups is 1. The van der Waals surface area contributed by atoms with Gasteiger partial charge in [0.1, 0.15) is 6.33 Å². The smallest absolute Gasteiger partial charge is 0.337 e. The zero-order valence-corrected chi connectivity index (χ0v) is 18.2. The van der Waals surface area contributed by atoms with Gasteiger partial charge in [-0.1, -0.05) is 18.2 Å². The van der Waals surface area contributed by atoms with Crippen molar-refractivity contribution in [3.63, 3.8) is 0 Å². The van der Waals surface area contributed by atoms with Crippen LogP contribution in [0.5, 0.6) is 0 Å². The fourth-order valence-electron chi connectivity index (χ4n) is 4.56. The lowest BCUT2D eigenvalue weighted by atomic mass is 10.0. The number of aryl methyl sites for hydroxylation is 1. The van der Waals surface area contributed by atoms with Gasteiger partial charge in [0, 0.05) is 29.7 Å². The number of hydrogen-bond acceptors (Lipinski definition) is 6. The summed E-state index contributed by atoms with van der Waals surface area (Å²) in [5.41, 5.74) is 4.58. The van der Waals surface area contributed by atoms with Gasteiger partial charge in [-0.3, -0.25) is 0 Å². The van der Waals surface area contributed by atoms with Crippen molar-refractivity contribution in [2.45, 2.75) is 39.2 Å². The average Bonchev–Trinajstić information content (AvgIpc) is 3.29. The molecular formula is C24H26N6O2. The van der Waals surface area contributed by atoms with Gasteiger partial charge in [-0.25, -0.2) is 14.8 Å². The number of carboxylic acids is 1. The molecule has 1 aliphatic rings. The molecule has 8 nitrogen and oxygen atoms in total. The summed E-state index contributed by atoms with van der Waals surface area (Å²) in [7, 11) is 0. The minimum absolute atomic E-state index is 0.162. The van der Waals surface area contributed by atoms with E-state index in [0.29, 0.717) is 5.69 Å². The highest BCUT2D eigenvalue weighted by Crippen LogP contribution is 2.32. The Morgan fingerprint density at radius 1 is 1.16 bits per heavy atom. The van der Waals surface area contributed by atoms with E-state index in [0.717, 1.165) is 59.6 Å². The summed E-state index contributed by atoms with van der Waals surface area (Å²) in [4.78, 5) is 23.6. The minimum Gasteiger partial charge on any atom is -0.478 e. The lowest BCUT2D eigenvalue weighted by Crippen LogP contribution is -2.32. The van der Waals surface area contributed by atoms with Gasteiger partial charge in [-0.05, 0) is 56.9 Å². The number of hydrogen-bond donors (Lipinski definition) is 2. The van der Waals surface area contributed by atoms with Crippen molar-refractivity contribution in [1.29, 1.82) is 0 Å². The molecule has 1 fully saturated rings. The monoisotopic (exact) mass is 430 g/mol. The van der Waals surface area contributed by atoms with Crippen LogP contribution in [-0.4, -0.2) is 43.7 Å². The Morgan fingerprint density at radius 3 is 2.72 bits per heavy atom. The van der Waals surface area contributed by atoms with Crippen molar-refractivity contribution in [1.82, 2.24) is 19.6 Å². The van der Waals surface area contributed by atoms with Crippen molar-refractivity contribution in [2.75, 3.05) is 23.3 Å². The van der Waals surface area contributed by atoms with E-state index in [-0.39, 0.29) is 11.6 Å².